The molecule has 0 aliphatic carbocycles. The molecule has 10 heteroatoms. The molecule has 0 aromatic heterocycles. The number of hydrogen-bond acceptors (Lipinski definition) is 8. The van der Waals surface area contributed by atoms with Gasteiger partial charge < -0.3 is 18.9 Å². The van der Waals surface area contributed by atoms with Crippen LogP contribution in [0.5, 0.6) is 17.2 Å². The van der Waals surface area contributed by atoms with Crippen LogP contribution in [-0.2, 0) is 21.4 Å². The zero-order valence-corrected chi connectivity index (χ0v) is 19.9. The van der Waals surface area contributed by atoms with Gasteiger partial charge in [-0.15, -0.1) is 0 Å². The van der Waals surface area contributed by atoms with Gasteiger partial charge in [-0.25, -0.2) is 13.2 Å². The van der Waals surface area contributed by atoms with Crippen LogP contribution in [0.15, 0.2) is 65.6 Å². The summed E-state index contributed by atoms with van der Waals surface area (Å²) in [6.07, 6.45) is 0. The zero-order valence-electron chi connectivity index (χ0n) is 19.1. The van der Waals surface area contributed by atoms with E-state index in [2.05, 4.69) is 4.72 Å². The van der Waals surface area contributed by atoms with E-state index in [4.69, 9.17) is 18.9 Å². The molecule has 1 heterocycles. The number of rotatable bonds is 8. The van der Waals surface area contributed by atoms with Crippen LogP contribution in [0.3, 0.4) is 0 Å². The van der Waals surface area contributed by atoms with E-state index in [9.17, 15) is 18.0 Å². The van der Waals surface area contributed by atoms with E-state index < -0.39 is 16.0 Å². The Morgan fingerprint density at radius 2 is 1.60 bits per heavy atom. The molecule has 0 amide bonds. The standard InChI is InChI=1S/C25H23NO8S/c1-16(27)18-5-9-22(31-2)19(13-18)15-34-25(28)17-3-6-20(7-4-17)26-35(29,30)21-8-10-23-24(14-21)33-12-11-32-23/h3-10,13-14,26H,11-12,15H2,1-2H3. The number of hydrogen-bond donors (Lipinski definition) is 1. The average molecular weight is 498 g/mol. The molecule has 0 atom stereocenters. The molecule has 35 heavy (non-hydrogen) atoms. The number of ketones is 1. The third-order valence-corrected chi connectivity index (χ3v) is 6.62. The van der Waals surface area contributed by atoms with Gasteiger partial charge >= 0.3 is 5.97 Å². The quantitative estimate of drug-likeness (QED) is 0.369. The number of carbonyl (C=O) groups excluding carboxylic acids is 2. The van der Waals surface area contributed by atoms with Crippen molar-refractivity contribution < 1.29 is 37.0 Å². The summed E-state index contributed by atoms with van der Waals surface area (Å²) in [5, 5.41) is 0. The fourth-order valence-corrected chi connectivity index (χ4v) is 4.49. The van der Waals surface area contributed by atoms with Gasteiger partial charge in [0.1, 0.15) is 25.6 Å². The molecule has 0 spiro atoms. The summed E-state index contributed by atoms with van der Waals surface area (Å²) < 4.78 is 49.5. The minimum absolute atomic E-state index is 0.0203. The highest BCUT2D eigenvalue weighted by Gasteiger charge is 2.20. The van der Waals surface area contributed by atoms with Crippen molar-refractivity contribution in [3.8, 4) is 17.2 Å². The first kappa shape index (κ1) is 24.1. The Balaban J connectivity index is 1.42. The van der Waals surface area contributed by atoms with Crippen LogP contribution in [0, 0.1) is 0 Å². The number of anilines is 1. The van der Waals surface area contributed by atoms with Gasteiger partial charge in [0.05, 0.1) is 17.6 Å². The molecular weight excluding hydrogens is 474 g/mol. The average Bonchev–Trinajstić information content (AvgIpc) is 2.87. The second-order valence-corrected chi connectivity index (χ2v) is 9.33. The molecule has 0 bridgehead atoms. The topological polar surface area (TPSA) is 117 Å². The lowest BCUT2D eigenvalue weighted by Crippen LogP contribution is -2.17. The van der Waals surface area contributed by atoms with Gasteiger partial charge in [0.25, 0.3) is 10.0 Å². The maximum Gasteiger partial charge on any atom is 0.338 e. The Hall–Kier alpha value is -4.05. The molecule has 3 aromatic rings. The molecule has 0 saturated heterocycles. The highest BCUT2D eigenvalue weighted by Crippen LogP contribution is 2.32. The number of carbonyl (C=O) groups is 2. The Kier molecular flexibility index (Phi) is 6.92. The molecule has 1 aliphatic rings. The number of sulfonamides is 1. The molecule has 3 aromatic carbocycles. The molecule has 0 unspecified atom stereocenters. The van der Waals surface area contributed by atoms with Gasteiger partial charge in [0, 0.05) is 22.9 Å². The Bertz CT molecular complexity index is 1370. The lowest BCUT2D eigenvalue weighted by molar-refractivity contribution is 0.0470. The second kappa shape index (κ2) is 10.1. The van der Waals surface area contributed by atoms with Crippen LogP contribution in [0.4, 0.5) is 5.69 Å². The number of benzene rings is 3. The first-order valence-corrected chi connectivity index (χ1v) is 12.1. The van der Waals surface area contributed by atoms with E-state index in [1.165, 1.54) is 50.4 Å². The Morgan fingerprint density at radius 3 is 2.29 bits per heavy atom. The lowest BCUT2D eigenvalue weighted by atomic mass is 10.1. The Labute approximate surface area is 202 Å². The third kappa shape index (κ3) is 5.55. The van der Waals surface area contributed by atoms with E-state index in [-0.39, 0.29) is 28.5 Å². The van der Waals surface area contributed by atoms with Gasteiger partial charge in [-0.2, -0.15) is 0 Å². The summed E-state index contributed by atoms with van der Waals surface area (Å²) in [6, 6.07) is 15.1. The van der Waals surface area contributed by atoms with Gasteiger partial charge in [0.15, 0.2) is 17.3 Å². The van der Waals surface area contributed by atoms with E-state index in [0.29, 0.717) is 41.6 Å². The Morgan fingerprint density at radius 1 is 0.914 bits per heavy atom. The van der Waals surface area contributed by atoms with Crippen molar-refractivity contribution in [1.82, 2.24) is 0 Å². The maximum absolute atomic E-state index is 12.8. The van der Waals surface area contributed by atoms with Crippen molar-refractivity contribution in [3.05, 3.63) is 77.4 Å². The van der Waals surface area contributed by atoms with Crippen LogP contribution in [0.2, 0.25) is 0 Å². The molecule has 4 rings (SSSR count). The number of esters is 1. The number of methoxy groups -OCH3 is 1. The minimum atomic E-state index is -3.89. The zero-order chi connectivity index (χ0) is 25.0. The molecule has 1 aliphatic heterocycles. The summed E-state index contributed by atoms with van der Waals surface area (Å²) >= 11 is 0. The van der Waals surface area contributed by atoms with Crippen molar-refractivity contribution in [3.63, 3.8) is 0 Å². The van der Waals surface area contributed by atoms with Crippen molar-refractivity contribution in [1.29, 1.82) is 0 Å². The molecular formula is C25H23NO8S. The van der Waals surface area contributed by atoms with Crippen LogP contribution in [-0.4, -0.2) is 40.5 Å². The highest BCUT2D eigenvalue weighted by atomic mass is 32.2. The highest BCUT2D eigenvalue weighted by molar-refractivity contribution is 7.92. The van der Waals surface area contributed by atoms with Crippen LogP contribution >= 0.6 is 0 Å². The van der Waals surface area contributed by atoms with Gasteiger partial charge in [-0.05, 0) is 61.5 Å². The normalized spacial score (nSPS) is 12.5. The fourth-order valence-electron chi connectivity index (χ4n) is 3.42. The molecule has 0 radical (unpaired) electrons. The SMILES string of the molecule is COc1ccc(C(C)=O)cc1COC(=O)c1ccc(NS(=O)(=O)c2ccc3c(c2)OCCO3)cc1. The molecule has 182 valence electrons. The number of Topliss-reactive ketones (excluding diaryl/α,β-unsaturated/α-hetero) is 1. The van der Waals surface area contributed by atoms with E-state index >= 15 is 0 Å². The van der Waals surface area contributed by atoms with Crippen LogP contribution in [0.25, 0.3) is 0 Å². The fraction of sp³-hybridized carbons (Fsp3) is 0.200. The number of fused-ring (bicyclic) bond motifs is 1. The maximum atomic E-state index is 12.8. The first-order chi connectivity index (χ1) is 16.8. The van der Waals surface area contributed by atoms with Gasteiger partial charge in [0.2, 0.25) is 0 Å². The smallest absolute Gasteiger partial charge is 0.338 e. The van der Waals surface area contributed by atoms with E-state index in [1.54, 1.807) is 24.3 Å². The monoisotopic (exact) mass is 497 g/mol. The summed E-state index contributed by atoms with van der Waals surface area (Å²) in [5.74, 6) is 0.620. The molecule has 0 fully saturated rings. The van der Waals surface area contributed by atoms with Crippen LogP contribution in [0.1, 0.15) is 33.2 Å². The lowest BCUT2D eigenvalue weighted by Gasteiger charge is -2.19. The van der Waals surface area contributed by atoms with Crippen LogP contribution < -0.4 is 18.9 Å². The van der Waals surface area contributed by atoms with Crippen molar-refractivity contribution in [2.24, 2.45) is 0 Å². The predicted molar refractivity (Wildman–Crippen MR) is 127 cm³/mol. The van der Waals surface area contributed by atoms with Gasteiger partial charge in [-0.3, -0.25) is 9.52 Å². The summed E-state index contributed by atoms with van der Waals surface area (Å²) in [7, 11) is -2.40. The largest absolute Gasteiger partial charge is 0.496 e. The second-order valence-electron chi connectivity index (χ2n) is 7.65. The molecule has 9 nitrogen and oxygen atoms in total. The first-order valence-electron chi connectivity index (χ1n) is 10.6. The molecule has 0 saturated carbocycles. The third-order valence-electron chi connectivity index (χ3n) is 5.24. The number of nitrogens with one attached hydrogen (secondary N) is 1. The summed E-state index contributed by atoms with van der Waals surface area (Å²) in [6.45, 7) is 2.10. The van der Waals surface area contributed by atoms with Crippen molar-refractivity contribution >= 4 is 27.5 Å². The number of ether oxygens (including phenoxy) is 4. The predicted octanol–water partition coefficient (Wildman–Crippen LogP) is 3.83. The van der Waals surface area contributed by atoms with Crippen molar-refractivity contribution in [2.75, 3.05) is 25.0 Å². The summed E-state index contributed by atoms with van der Waals surface area (Å²) in [4.78, 5) is 24.1. The minimum Gasteiger partial charge on any atom is -0.496 e. The van der Waals surface area contributed by atoms with Crippen molar-refractivity contribution in [2.45, 2.75) is 18.4 Å². The van der Waals surface area contributed by atoms with E-state index in [0.717, 1.165) is 0 Å². The molecule has 1 N–H and O–H groups in total. The summed E-state index contributed by atoms with van der Waals surface area (Å²) in [5.41, 5.74) is 1.53. The van der Waals surface area contributed by atoms with Gasteiger partial charge in [-0.1, -0.05) is 0 Å². The van der Waals surface area contributed by atoms with E-state index in [1.807, 2.05) is 0 Å².